The van der Waals surface area contributed by atoms with E-state index < -0.39 is 26.6 Å². The number of carbonyl (C=O) groups is 1. The van der Waals surface area contributed by atoms with Crippen molar-refractivity contribution in [3.8, 4) is 0 Å². The van der Waals surface area contributed by atoms with Crippen LogP contribution < -0.4 is 5.32 Å². The number of amides is 1. The summed E-state index contributed by atoms with van der Waals surface area (Å²) in [6.07, 6.45) is 0.364. The summed E-state index contributed by atoms with van der Waals surface area (Å²) in [7, 11) is -4.03. The molecule has 2 aromatic rings. The van der Waals surface area contributed by atoms with Gasteiger partial charge in [-0.15, -0.1) is 0 Å². The van der Waals surface area contributed by atoms with Crippen LogP contribution in [0, 0.1) is 5.82 Å². The van der Waals surface area contributed by atoms with Crippen molar-refractivity contribution < 1.29 is 27.1 Å². The predicted octanol–water partition coefficient (Wildman–Crippen LogP) is 2.71. The maximum Gasteiger partial charge on any atom is 0.255 e. The molecule has 10 heteroatoms. The highest BCUT2D eigenvalue weighted by Gasteiger charge is 2.29. The fraction of sp³-hybridized carbons (Fsp3) is 0.458. The Bertz CT molecular complexity index is 1110. The van der Waals surface area contributed by atoms with Crippen LogP contribution in [0.4, 0.5) is 10.1 Å². The van der Waals surface area contributed by atoms with E-state index in [9.17, 15) is 17.6 Å². The van der Waals surface area contributed by atoms with Crippen molar-refractivity contribution in [2.24, 2.45) is 0 Å². The monoisotopic (exact) mass is 491 g/mol. The van der Waals surface area contributed by atoms with E-state index >= 15 is 0 Å². The van der Waals surface area contributed by atoms with Gasteiger partial charge in [0.15, 0.2) is 0 Å². The number of rotatable bonds is 6. The predicted molar refractivity (Wildman–Crippen MR) is 126 cm³/mol. The van der Waals surface area contributed by atoms with Gasteiger partial charge in [0.2, 0.25) is 10.0 Å². The number of hydrogen-bond acceptors (Lipinski definition) is 6. The third kappa shape index (κ3) is 5.81. The molecule has 4 rings (SSSR count). The second kappa shape index (κ2) is 10.5. The van der Waals surface area contributed by atoms with Crippen LogP contribution in [0.1, 0.15) is 29.8 Å². The molecule has 0 bridgehead atoms. The fourth-order valence-electron chi connectivity index (χ4n) is 4.34. The molecule has 0 aromatic heterocycles. The van der Waals surface area contributed by atoms with Gasteiger partial charge in [-0.3, -0.25) is 9.69 Å². The number of morpholine rings is 2. The molecule has 1 N–H and O–H groups in total. The number of hydrogen-bond donors (Lipinski definition) is 1. The van der Waals surface area contributed by atoms with E-state index in [1.165, 1.54) is 10.4 Å². The zero-order valence-corrected chi connectivity index (χ0v) is 20.2. The molecule has 2 heterocycles. The first-order chi connectivity index (χ1) is 16.2. The molecule has 2 atom stereocenters. The van der Waals surface area contributed by atoms with Gasteiger partial charge in [0.05, 0.1) is 25.4 Å². The van der Waals surface area contributed by atoms with E-state index in [1.54, 1.807) is 12.1 Å². The summed E-state index contributed by atoms with van der Waals surface area (Å²) >= 11 is 0. The van der Waals surface area contributed by atoms with Crippen molar-refractivity contribution in [2.45, 2.75) is 37.5 Å². The molecule has 0 radical (unpaired) electrons. The Hall–Kier alpha value is -2.37. The quantitative estimate of drug-likeness (QED) is 0.669. The van der Waals surface area contributed by atoms with Crippen molar-refractivity contribution in [3.63, 3.8) is 0 Å². The lowest BCUT2D eigenvalue weighted by molar-refractivity contribution is -0.0704. The lowest BCUT2D eigenvalue weighted by Gasteiger charge is -2.35. The Labute approximate surface area is 199 Å². The van der Waals surface area contributed by atoms with Crippen LogP contribution >= 0.6 is 0 Å². The van der Waals surface area contributed by atoms with Crippen LogP contribution in [-0.2, 0) is 26.0 Å². The molecule has 34 heavy (non-hydrogen) atoms. The number of sulfonamides is 1. The van der Waals surface area contributed by atoms with Crippen molar-refractivity contribution in [1.82, 2.24) is 9.21 Å². The van der Waals surface area contributed by atoms with Gasteiger partial charge in [-0.1, -0.05) is 12.1 Å². The third-order valence-corrected chi connectivity index (χ3v) is 7.81. The molecular formula is C24H30FN3O5S. The maximum atomic E-state index is 14.4. The summed E-state index contributed by atoms with van der Waals surface area (Å²) in [6, 6.07) is 10.8. The Morgan fingerprint density at radius 1 is 1.06 bits per heavy atom. The van der Waals surface area contributed by atoms with E-state index in [4.69, 9.17) is 9.47 Å². The molecule has 8 nitrogen and oxygen atoms in total. The van der Waals surface area contributed by atoms with E-state index in [0.717, 1.165) is 37.3 Å². The molecule has 0 spiro atoms. The molecule has 0 saturated carbocycles. The molecular weight excluding hydrogens is 461 g/mol. The van der Waals surface area contributed by atoms with Gasteiger partial charge in [-0.2, -0.15) is 4.31 Å². The molecule has 2 aromatic carbocycles. The lowest BCUT2D eigenvalue weighted by atomic mass is 10.1. The Kier molecular flexibility index (Phi) is 7.63. The smallest absolute Gasteiger partial charge is 0.255 e. The zero-order valence-electron chi connectivity index (χ0n) is 19.4. The van der Waals surface area contributed by atoms with E-state index in [-0.39, 0.29) is 44.2 Å². The van der Waals surface area contributed by atoms with Crippen LogP contribution in [0.15, 0.2) is 47.4 Å². The SMILES string of the molecule is CC1CN(Cc2ccc(C(=O)Nc3ccc(F)c(S(=O)(=O)N4CCOCC4)c3)cc2)CC(C)O1. The number of benzene rings is 2. The van der Waals surface area contributed by atoms with E-state index in [0.29, 0.717) is 5.56 Å². The minimum Gasteiger partial charge on any atom is -0.379 e. The standard InChI is InChI=1S/C24H30FN3O5S/c1-17-14-27(15-18(2)33-17)16-19-3-5-20(6-4-19)24(29)26-21-7-8-22(25)23(13-21)34(30,31)28-9-11-32-12-10-28/h3-8,13,17-18H,9-12,14-16H2,1-2H3,(H,26,29). The van der Waals surface area contributed by atoms with Crippen LogP contribution in [0.25, 0.3) is 0 Å². The van der Waals surface area contributed by atoms with Crippen LogP contribution in [-0.4, -0.2) is 75.1 Å². The number of ether oxygens (including phenoxy) is 2. The summed E-state index contributed by atoms with van der Waals surface area (Å²) < 4.78 is 52.3. The van der Waals surface area contributed by atoms with Gasteiger partial charge < -0.3 is 14.8 Å². The normalized spacial score (nSPS) is 22.4. The molecule has 0 aliphatic carbocycles. The van der Waals surface area contributed by atoms with Crippen molar-refractivity contribution in [2.75, 3.05) is 44.7 Å². The average Bonchev–Trinajstić information content (AvgIpc) is 2.80. The van der Waals surface area contributed by atoms with E-state index in [1.807, 2.05) is 12.1 Å². The van der Waals surface area contributed by atoms with Gasteiger partial charge in [-0.05, 0) is 49.7 Å². The highest BCUT2D eigenvalue weighted by Crippen LogP contribution is 2.24. The highest BCUT2D eigenvalue weighted by molar-refractivity contribution is 7.89. The largest absolute Gasteiger partial charge is 0.379 e. The molecule has 2 unspecified atom stereocenters. The van der Waals surface area contributed by atoms with Crippen LogP contribution in [0.5, 0.6) is 0 Å². The first kappa shape index (κ1) is 24.7. The number of nitrogens with one attached hydrogen (secondary N) is 1. The molecule has 184 valence electrons. The van der Waals surface area contributed by atoms with Gasteiger partial charge in [0, 0.05) is 44.0 Å². The highest BCUT2D eigenvalue weighted by atomic mass is 32.2. The van der Waals surface area contributed by atoms with Crippen LogP contribution in [0.2, 0.25) is 0 Å². The molecule has 1 amide bonds. The summed E-state index contributed by atoms with van der Waals surface area (Å²) in [5.74, 6) is -1.26. The first-order valence-electron chi connectivity index (χ1n) is 11.4. The topological polar surface area (TPSA) is 88.2 Å². The van der Waals surface area contributed by atoms with Crippen molar-refractivity contribution in [1.29, 1.82) is 0 Å². The number of nitrogens with zero attached hydrogens (tertiary/aromatic N) is 2. The van der Waals surface area contributed by atoms with Gasteiger partial charge in [-0.25, -0.2) is 12.8 Å². The van der Waals surface area contributed by atoms with Crippen molar-refractivity contribution >= 4 is 21.6 Å². The molecule has 2 aliphatic heterocycles. The Morgan fingerprint density at radius 2 is 1.71 bits per heavy atom. The molecule has 2 aliphatic rings. The minimum absolute atomic E-state index is 0.160. The summed E-state index contributed by atoms with van der Waals surface area (Å²) in [5, 5.41) is 2.67. The summed E-state index contributed by atoms with van der Waals surface area (Å²) in [4.78, 5) is 14.6. The zero-order chi connectivity index (χ0) is 24.3. The Morgan fingerprint density at radius 3 is 2.35 bits per heavy atom. The number of anilines is 1. The first-order valence-corrected chi connectivity index (χ1v) is 12.8. The van der Waals surface area contributed by atoms with Gasteiger partial charge in [0.25, 0.3) is 5.91 Å². The fourth-order valence-corrected chi connectivity index (χ4v) is 5.84. The van der Waals surface area contributed by atoms with Crippen LogP contribution in [0.3, 0.4) is 0 Å². The summed E-state index contributed by atoms with van der Waals surface area (Å²) in [6.45, 7) is 7.43. The minimum atomic E-state index is -4.03. The second-order valence-corrected chi connectivity index (χ2v) is 10.7. The lowest BCUT2D eigenvalue weighted by Crippen LogP contribution is -2.44. The van der Waals surface area contributed by atoms with Crippen molar-refractivity contribution in [3.05, 3.63) is 59.4 Å². The van der Waals surface area contributed by atoms with E-state index in [2.05, 4.69) is 24.1 Å². The van der Waals surface area contributed by atoms with Gasteiger partial charge >= 0.3 is 0 Å². The average molecular weight is 492 g/mol. The number of carbonyl (C=O) groups excluding carboxylic acids is 1. The Balaban J connectivity index is 1.43. The molecule has 2 fully saturated rings. The third-order valence-electron chi connectivity index (χ3n) is 5.89. The summed E-state index contributed by atoms with van der Waals surface area (Å²) in [5.41, 5.74) is 1.71. The second-order valence-electron chi connectivity index (χ2n) is 8.76. The van der Waals surface area contributed by atoms with Gasteiger partial charge in [0.1, 0.15) is 10.7 Å². The maximum absolute atomic E-state index is 14.4. The number of halogens is 1. The molecule has 2 saturated heterocycles.